The zero-order valence-electron chi connectivity index (χ0n) is 36.1. The highest BCUT2D eigenvalue weighted by Crippen LogP contribution is 2.31. The number of rotatable bonds is 16. The lowest BCUT2D eigenvalue weighted by Crippen LogP contribution is -2.54. The summed E-state index contributed by atoms with van der Waals surface area (Å²) in [5.41, 5.74) is 8.58. The summed E-state index contributed by atoms with van der Waals surface area (Å²) in [6.45, 7) is 7.55. The van der Waals surface area contributed by atoms with Crippen LogP contribution in [0.5, 0.6) is 5.75 Å². The van der Waals surface area contributed by atoms with Crippen molar-refractivity contribution in [3.63, 3.8) is 0 Å². The Morgan fingerprint density at radius 2 is 1.67 bits per heavy atom. The molecular formula is C45H55N11O8. The monoisotopic (exact) mass is 877 g/mol. The van der Waals surface area contributed by atoms with Gasteiger partial charge in [0.15, 0.2) is 0 Å². The Hall–Kier alpha value is -6.63. The Morgan fingerprint density at radius 3 is 2.41 bits per heavy atom. The molecule has 5 aliphatic heterocycles. The van der Waals surface area contributed by atoms with Crippen molar-refractivity contribution in [2.75, 3.05) is 88.9 Å². The van der Waals surface area contributed by atoms with Crippen molar-refractivity contribution in [1.82, 2.24) is 40.2 Å². The van der Waals surface area contributed by atoms with Crippen molar-refractivity contribution in [1.29, 1.82) is 0 Å². The molecule has 8 rings (SSSR count). The van der Waals surface area contributed by atoms with Gasteiger partial charge in [0.05, 0.1) is 35.7 Å². The summed E-state index contributed by atoms with van der Waals surface area (Å²) in [5.74, 6) is -1.39. The zero-order valence-corrected chi connectivity index (χ0v) is 36.1. The molecule has 64 heavy (non-hydrogen) atoms. The number of aromatic nitrogens is 2. The van der Waals surface area contributed by atoms with E-state index in [-0.39, 0.29) is 47.6 Å². The predicted molar refractivity (Wildman–Crippen MR) is 234 cm³/mol. The summed E-state index contributed by atoms with van der Waals surface area (Å²) in [6.07, 6.45) is 5.74. The topological polar surface area (TPSA) is 224 Å². The largest absolute Gasteiger partial charge is 0.494 e. The standard InChI is InChI=1S/C45H55N11O8/c1-51-18-23-55(45(51)63)31-5-2-17-54(28-31)37-27-48-40(41(46)59)35(49-37)25-29-7-10-32(11-8-29)64-24-4-15-47-38(57)6-3-16-52-19-21-53(22-20-52)30-9-12-33-34(26-30)44(62)56(43(33)61)36-13-14-39(58)50-42(36)60/h7-12,26-27,31,36H,2-6,13-25,28H2,1H3,(H2,46,59)(H,47,57)(H,50,58,60)/t31-,36?/m1/s1. The van der Waals surface area contributed by atoms with E-state index in [1.54, 1.807) is 23.2 Å². The molecule has 4 saturated heterocycles. The number of anilines is 2. The SMILES string of the molecule is CN1CCN([C@@H]2CCCN(c3cnc(C(N)=O)c(Cc4ccc(OCCCNC(=O)CCCN5CCN(c6ccc7c(c6)C(=O)N(C6CCC(=O)NC6=O)C7=O)CC5)cc4)n3)C2)C1=O. The lowest BCUT2D eigenvalue weighted by molar-refractivity contribution is -0.136. The number of ether oxygens (including phenoxy) is 1. The number of piperazine rings is 1. The maximum Gasteiger partial charge on any atom is 0.320 e. The van der Waals surface area contributed by atoms with E-state index in [1.807, 2.05) is 42.3 Å². The fourth-order valence-corrected chi connectivity index (χ4v) is 9.15. The molecule has 8 amide bonds. The Kier molecular flexibility index (Phi) is 13.3. The van der Waals surface area contributed by atoms with E-state index < -0.39 is 35.6 Å². The van der Waals surface area contributed by atoms with Crippen LogP contribution < -0.4 is 30.9 Å². The van der Waals surface area contributed by atoms with E-state index in [1.165, 1.54) is 0 Å². The molecule has 0 radical (unpaired) electrons. The first-order chi connectivity index (χ1) is 30.9. The minimum absolute atomic E-state index is 0.0103. The third-order valence-electron chi connectivity index (χ3n) is 12.7. The van der Waals surface area contributed by atoms with Gasteiger partial charge in [-0.25, -0.2) is 14.8 Å². The third-order valence-corrected chi connectivity index (χ3v) is 12.7. The van der Waals surface area contributed by atoms with E-state index in [0.717, 1.165) is 68.1 Å². The highest BCUT2D eigenvalue weighted by molar-refractivity contribution is 6.23. The van der Waals surface area contributed by atoms with Crippen molar-refractivity contribution in [3.8, 4) is 5.75 Å². The van der Waals surface area contributed by atoms with Gasteiger partial charge >= 0.3 is 6.03 Å². The van der Waals surface area contributed by atoms with Gasteiger partial charge in [0.1, 0.15) is 23.3 Å². The number of hydrogen-bond donors (Lipinski definition) is 3. The minimum Gasteiger partial charge on any atom is -0.494 e. The first-order valence-electron chi connectivity index (χ1n) is 22.2. The second-order valence-corrected chi connectivity index (χ2v) is 17.0. The lowest BCUT2D eigenvalue weighted by Gasteiger charge is -2.37. The van der Waals surface area contributed by atoms with Crippen molar-refractivity contribution in [2.45, 2.75) is 63.5 Å². The van der Waals surface area contributed by atoms with E-state index >= 15 is 0 Å². The first kappa shape index (κ1) is 44.0. The number of amides is 8. The number of benzene rings is 2. The van der Waals surface area contributed by atoms with Crippen LogP contribution in [0, 0.1) is 0 Å². The second kappa shape index (κ2) is 19.4. The number of fused-ring (bicyclic) bond motifs is 1. The molecule has 5 aliphatic rings. The van der Waals surface area contributed by atoms with Crippen LogP contribution in [0.1, 0.15) is 87.4 Å². The highest BCUT2D eigenvalue weighted by Gasteiger charge is 2.45. The normalized spacial score (nSPS) is 20.5. The molecule has 0 saturated carbocycles. The van der Waals surface area contributed by atoms with Crippen LogP contribution in [0.2, 0.25) is 0 Å². The molecular weight excluding hydrogens is 823 g/mol. The number of urea groups is 1. The molecule has 3 aromatic rings. The van der Waals surface area contributed by atoms with E-state index in [2.05, 4.69) is 30.3 Å². The molecule has 2 atom stereocenters. The van der Waals surface area contributed by atoms with Gasteiger partial charge in [-0.2, -0.15) is 0 Å². The van der Waals surface area contributed by atoms with Gasteiger partial charge in [0.25, 0.3) is 17.7 Å². The number of primary amides is 1. The summed E-state index contributed by atoms with van der Waals surface area (Å²) in [6, 6.07) is 11.9. The maximum absolute atomic E-state index is 13.3. The molecule has 0 aliphatic carbocycles. The van der Waals surface area contributed by atoms with Crippen molar-refractivity contribution in [2.24, 2.45) is 5.73 Å². The zero-order chi connectivity index (χ0) is 44.9. The van der Waals surface area contributed by atoms with Gasteiger partial charge in [0.2, 0.25) is 17.7 Å². The predicted octanol–water partition coefficient (Wildman–Crippen LogP) is 1.39. The van der Waals surface area contributed by atoms with E-state index in [4.69, 9.17) is 15.5 Å². The van der Waals surface area contributed by atoms with Gasteiger partial charge in [-0.15, -0.1) is 0 Å². The molecule has 19 heteroatoms. The van der Waals surface area contributed by atoms with Gasteiger partial charge in [-0.3, -0.25) is 43.9 Å². The fraction of sp³-hybridized carbons (Fsp3) is 0.489. The molecule has 4 N–H and O–H groups in total. The van der Waals surface area contributed by atoms with Crippen LogP contribution >= 0.6 is 0 Å². The Balaban J connectivity index is 0.720. The molecule has 0 bridgehead atoms. The molecule has 0 spiro atoms. The van der Waals surface area contributed by atoms with Crippen LogP contribution in [0.4, 0.5) is 16.3 Å². The molecule has 1 aromatic heterocycles. The number of piperidine rings is 2. The smallest absolute Gasteiger partial charge is 0.320 e. The van der Waals surface area contributed by atoms with Crippen LogP contribution in [0.15, 0.2) is 48.7 Å². The summed E-state index contributed by atoms with van der Waals surface area (Å²) in [7, 11) is 1.82. The van der Waals surface area contributed by atoms with Crippen LogP contribution in [0.3, 0.4) is 0 Å². The van der Waals surface area contributed by atoms with Crippen LogP contribution in [0.25, 0.3) is 0 Å². The number of hydrogen-bond acceptors (Lipinski definition) is 13. The third kappa shape index (κ3) is 9.78. The van der Waals surface area contributed by atoms with Gasteiger partial charge in [0, 0.05) is 90.9 Å². The van der Waals surface area contributed by atoms with E-state index in [9.17, 15) is 33.6 Å². The lowest BCUT2D eigenvalue weighted by atomic mass is 10.0. The van der Waals surface area contributed by atoms with E-state index in [0.29, 0.717) is 75.9 Å². The molecule has 2 aromatic carbocycles. The first-order valence-corrected chi connectivity index (χ1v) is 22.2. The Bertz CT molecular complexity index is 2300. The quantitative estimate of drug-likeness (QED) is 0.137. The maximum atomic E-state index is 13.3. The van der Waals surface area contributed by atoms with Gasteiger partial charge < -0.3 is 35.4 Å². The number of carbonyl (C=O) groups excluding carboxylic acids is 7. The average Bonchev–Trinajstić information content (AvgIpc) is 3.76. The Morgan fingerprint density at radius 1 is 0.891 bits per heavy atom. The minimum atomic E-state index is -0.997. The highest BCUT2D eigenvalue weighted by atomic mass is 16.5. The average molecular weight is 878 g/mol. The number of nitrogens with zero attached hydrogens (tertiary/aromatic N) is 8. The van der Waals surface area contributed by atoms with Gasteiger partial charge in [-0.1, -0.05) is 12.1 Å². The van der Waals surface area contributed by atoms with Crippen molar-refractivity contribution >= 4 is 53.0 Å². The number of carbonyl (C=O) groups is 7. The molecule has 6 heterocycles. The number of likely N-dealkylation sites (N-methyl/N-ethyl adjacent to an activating group) is 1. The summed E-state index contributed by atoms with van der Waals surface area (Å²) < 4.78 is 5.93. The number of nitrogens with two attached hydrogens (primary N) is 1. The molecule has 1 unspecified atom stereocenters. The number of nitrogens with one attached hydrogen (secondary N) is 2. The summed E-state index contributed by atoms with van der Waals surface area (Å²) in [5, 5.41) is 5.20. The Labute approximate surface area is 371 Å². The molecule has 4 fully saturated rings. The van der Waals surface area contributed by atoms with Crippen LogP contribution in [-0.4, -0.2) is 162 Å². The second-order valence-electron chi connectivity index (χ2n) is 17.0. The molecule has 19 nitrogen and oxygen atoms in total. The number of imide groups is 2. The fourth-order valence-electron chi connectivity index (χ4n) is 9.15. The molecule has 338 valence electrons. The summed E-state index contributed by atoms with van der Waals surface area (Å²) >= 11 is 0. The van der Waals surface area contributed by atoms with Crippen LogP contribution in [-0.2, 0) is 20.8 Å². The summed E-state index contributed by atoms with van der Waals surface area (Å²) in [4.78, 5) is 108. The van der Waals surface area contributed by atoms with Crippen molar-refractivity contribution < 1.29 is 38.3 Å². The van der Waals surface area contributed by atoms with Crippen molar-refractivity contribution in [3.05, 3.63) is 76.7 Å². The van der Waals surface area contributed by atoms with Gasteiger partial charge in [-0.05, 0) is 74.5 Å².